The van der Waals surface area contributed by atoms with E-state index in [-0.39, 0.29) is 17.8 Å². The van der Waals surface area contributed by atoms with Crippen molar-refractivity contribution < 1.29 is 9.53 Å². The van der Waals surface area contributed by atoms with Gasteiger partial charge in [-0.2, -0.15) is 15.2 Å². The third kappa shape index (κ3) is 3.93. The Morgan fingerprint density at radius 3 is 2.80 bits per heavy atom. The van der Waals surface area contributed by atoms with Crippen molar-refractivity contribution in [2.75, 3.05) is 18.9 Å². The number of carbonyl (C=O) groups is 1. The molecule has 0 radical (unpaired) electrons. The van der Waals surface area contributed by atoms with E-state index in [9.17, 15) is 10.1 Å². The first-order chi connectivity index (χ1) is 14.6. The number of benzene rings is 1. The number of rotatable bonds is 6. The maximum atomic E-state index is 11.5. The average Bonchev–Trinajstić information content (AvgIpc) is 3.19. The van der Waals surface area contributed by atoms with E-state index in [4.69, 9.17) is 10.5 Å². The van der Waals surface area contributed by atoms with Gasteiger partial charge < -0.3 is 15.8 Å². The molecule has 0 saturated carbocycles. The van der Waals surface area contributed by atoms with Crippen LogP contribution >= 0.6 is 0 Å². The number of ether oxygens (including phenoxy) is 1. The Labute approximate surface area is 174 Å². The number of nitrogens with zero attached hydrogens (tertiary/aromatic N) is 4. The van der Waals surface area contributed by atoms with Crippen LogP contribution in [0.25, 0.3) is 11.4 Å². The van der Waals surface area contributed by atoms with E-state index in [1.165, 1.54) is 0 Å². The Balaban J connectivity index is 1.67. The minimum atomic E-state index is -1.18. The highest BCUT2D eigenvalue weighted by atomic mass is 16.5. The molecular formula is C22H22N6O2. The predicted octanol–water partition coefficient (Wildman–Crippen LogP) is 2.12. The highest BCUT2D eigenvalue weighted by molar-refractivity contribution is 5.78. The molecule has 1 fully saturated rings. The molecule has 0 bridgehead atoms. The van der Waals surface area contributed by atoms with E-state index in [1.807, 2.05) is 36.4 Å². The lowest BCUT2D eigenvalue weighted by molar-refractivity contribution is -0.119. The summed E-state index contributed by atoms with van der Waals surface area (Å²) in [6.07, 6.45) is 8.35. The van der Waals surface area contributed by atoms with Crippen molar-refractivity contribution >= 4 is 11.9 Å². The number of aromatic nitrogens is 3. The van der Waals surface area contributed by atoms with E-state index >= 15 is 0 Å². The maximum absolute atomic E-state index is 11.5. The number of nitrogen functional groups attached to an aromatic ring is 1. The Bertz CT molecular complexity index is 1030. The van der Waals surface area contributed by atoms with Crippen LogP contribution in [0.1, 0.15) is 18.7 Å². The SMILES string of the molecule is N#CC1C=CC=CC1(OCCC1CNC(=O)C1)c1nc(N)nc(-c2ccccc2)n1. The molecule has 1 aliphatic heterocycles. The Hall–Kier alpha value is -3.57. The number of allylic oxidation sites excluding steroid dienone is 2. The number of nitriles is 1. The summed E-state index contributed by atoms with van der Waals surface area (Å²) >= 11 is 0. The zero-order chi connectivity index (χ0) is 21.0. The summed E-state index contributed by atoms with van der Waals surface area (Å²) in [7, 11) is 0. The molecule has 1 aliphatic carbocycles. The average molecular weight is 402 g/mol. The Kier molecular flexibility index (Phi) is 5.55. The van der Waals surface area contributed by atoms with Gasteiger partial charge in [-0.25, -0.2) is 4.98 Å². The summed E-state index contributed by atoms with van der Waals surface area (Å²) in [5.74, 6) is 0.417. The normalized spacial score (nSPS) is 25.1. The van der Waals surface area contributed by atoms with Crippen LogP contribution in [0.2, 0.25) is 0 Å². The monoisotopic (exact) mass is 402 g/mol. The number of nitrogens with two attached hydrogens (primary N) is 1. The van der Waals surface area contributed by atoms with Crippen LogP contribution in [0.15, 0.2) is 54.6 Å². The molecule has 3 N–H and O–H groups in total. The second kappa shape index (κ2) is 8.43. The molecule has 3 unspecified atom stereocenters. The second-order valence-electron chi connectivity index (χ2n) is 7.36. The van der Waals surface area contributed by atoms with Crippen molar-refractivity contribution in [3.8, 4) is 17.5 Å². The Morgan fingerprint density at radius 1 is 1.23 bits per heavy atom. The number of anilines is 1. The first-order valence-corrected chi connectivity index (χ1v) is 9.84. The molecular weight excluding hydrogens is 380 g/mol. The molecule has 0 spiro atoms. The van der Waals surface area contributed by atoms with Crippen molar-refractivity contribution in [1.29, 1.82) is 5.26 Å². The summed E-state index contributed by atoms with van der Waals surface area (Å²) in [5.41, 5.74) is 5.62. The molecule has 30 heavy (non-hydrogen) atoms. The third-order valence-electron chi connectivity index (χ3n) is 5.32. The highest BCUT2D eigenvalue weighted by Gasteiger charge is 2.43. The van der Waals surface area contributed by atoms with E-state index in [0.717, 1.165) is 5.56 Å². The van der Waals surface area contributed by atoms with Crippen molar-refractivity contribution in [1.82, 2.24) is 20.3 Å². The van der Waals surface area contributed by atoms with E-state index < -0.39 is 11.5 Å². The van der Waals surface area contributed by atoms with Crippen molar-refractivity contribution in [3.05, 3.63) is 60.5 Å². The number of hydrogen-bond acceptors (Lipinski definition) is 7. The minimum absolute atomic E-state index is 0.0582. The van der Waals surface area contributed by atoms with Gasteiger partial charge in [0.1, 0.15) is 5.92 Å². The van der Waals surface area contributed by atoms with Gasteiger partial charge in [-0.15, -0.1) is 0 Å². The molecule has 3 atom stereocenters. The molecule has 2 heterocycles. The van der Waals surface area contributed by atoms with Crippen LogP contribution in [0.3, 0.4) is 0 Å². The zero-order valence-electron chi connectivity index (χ0n) is 16.4. The van der Waals surface area contributed by atoms with Gasteiger partial charge in [0.2, 0.25) is 11.9 Å². The molecule has 4 rings (SSSR count). The topological polar surface area (TPSA) is 127 Å². The summed E-state index contributed by atoms with van der Waals surface area (Å²) in [6.45, 7) is 0.992. The van der Waals surface area contributed by atoms with E-state index in [1.54, 1.807) is 18.2 Å². The first kappa shape index (κ1) is 19.7. The van der Waals surface area contributed by atoms with Crippen molar-refractivity contribution in [2.24, 2.45) is 11.8 Å². The molecule has 1 saturated heterocycles. The van der Waals surface area contributed by atoms with Gasteiger partial charge >= 0.3 is 0 Å². The van der Waals surface area contributed by atoms with Crippen LogP contribution in [0.4, 0.5) is 5.95 Å². The first-order valence-electron chi connectivity index (χ1n) is 9.84. The van der Waals surface area contributed by atoms with E-state index in [2.05, 4.69) is 26.3 Å². The fraction of sp³-hybridized carbons (Fsp3) is 0.318. The molecule has 8 nitrogen and oxygen atoms in total. The van der Waals surface area contributed by atoms with Gasteiger partial charge in [-0.1, -0.05) is 48.6 Å². The second-order valence-corrected chi connectivity index (χ2v) is 7.36. The van der Waals surface area contributed by atoms with Crippen LogP contribution in [-0.2, 0) is 15.1 Å². The maximum Gasteiger partial charge on any atom is 0.223 e. The molecule has 8 heteroatoms. The quantitative estimate of drug-likeness (QED) is 0.758. The van der Waals surface area contributed by atoms with E-state index in [0.29, 0.717) is 37.6 Å². The summed E-state index contributed by atoms with van der Waals surface area (Å²) in [5, 5.41) is 12.6. The summed E-state index contributed by atoms with van der Waals surface area (Å²) < 4.78 is 6.30. The van der Waals surface area contributed by atoms with Gasteiger partial charge in [0.15, 0.2) is 17.2 Å². The van der Waals surface area contributed by atoms with Crippen LogP contribution in [0.5, 0.6) is 0 Å². The van der Waals surface area contributed by atoms with Crippen LogP contribution in [0, 0.1) is 23.2 Å². The van der Waals surface area contributed by atoms with Gasteiger partial charge in [-0.05, 0) is 18.4 Å². The molecule has 152 valence electrons. The van der Waals surface area contributed by atoms with Crippen molar-refractivity contribution in [2.45, 2.75) is 18.4 Å². The lowest BCUT2D eigenvalue weighted by Crippen LogP contribution is -2.39. The lowest BCUT2D eigenvalue weighted by atomic mass is 9.83. The molecule has 1 aromatic heterocycles. The van der Waals surface area contributed by atoms with Gasteiger partial charge in [0, 0.05) is 25.1 Å². The standard InChI is InChI=1S/C22H22N6O2/c23-13-17-8-4-5-10-22(17,30-11-9-15-12-18(29)25-14-15)20-26-19(27-21(24)28-20)16-6-2-1-3-7-16/h1-8,10,15,17H,9,11-12,14H2,(H,25,29)(H2,24,26,27,28). The molecule has 2 aliphatic rings. The molecule has 1 amide bonds. The smallest absolute Gasteiger partial charge is 0.223 e. The minimum Gasteiger partial charge on any atom is -0.368 e. The fourth-order valence-corrected chi connectivity index (χ4v) is 3.72. The number of nitrogens with one attached hydrogen (secondary N) is 1. The fourth-order valence-electron chi connectivity index (χ4n) is 3.72. The summed E-state index contributed by atoms with van der Waals surface area (Å²) in [6, 6.07) is 11.7. The summed E-state index contributed by atoms with van der Waals surface area (Å²) in [4.78, 5) is 24.7. The van der Waals surface area contributed by atoms with Crippen molar-refractivity contribution in [3.63, 3.8) is 0 Å². The lowest BCUT2D eigenvalue weighted by Gasteiger charge is -2.34. The van der Waals surface area contributed by atoms with Gasteiger partial charge in [0.05, 0.1) is 6.07 Å². The van der Waals surface area contributed by atoms with Crippen LogP contribution < -0.4 is 11.1 Å². The number of carbonyl (C=O) groups excluding carboxylic acids is 1. The molecule has 2 aromatic rings. The Morgan fingerprint density at radius 2 is 2.07 bits per heavy atom. The van der Waals surface area contributed by atoms with Crippen LogP contribution in [-0.4, -0.2) is 34.0 Å². The third-order valence-corrected chi connectivity index (χ3v) is 5.32. The number of amides is 1. The largest absolute Gasteiger partial charge is 0.368 e. The predicted molar refractivity (Wildman–Crippen MR) is 110 cm³/mol. The zero-order valence-corrected chi connectivity index (χ0v) is 16.4. The highest BCUT2D eigenvalue weighted by Crippen LogP contribution is 2.38. The van der Waals surface area contributed by atoms with Gasteiger partial charge in [-0.3, -0.25) is 4.79 Å². The molecule has 1 aromatic carbocycles. The number of hydrogen-bond donors (Lipinski definition) is 2. The van der Waals surface area contributed by atoms with Gasteiger partial charge in [0.25, 0.3) is 0 Å².